The first kappa shape index (κ1) is 21.8. The monoisotopic (exact) mass is 440 g/mol. The topological polar surface area (TPSA) is 90.5 Å². The van der Waals surface area contributed by atoms with Gasteiger partial charge in [-0.2, -0.15) is 0 Å². The molecular weight excluding hydrogens is 416 g/mol. The Morgan fingerprint density at radius 2 is 1.45 bits per heavy atom. The smallest absolute Gasteiger partial charge is 0.274 e. The second kappa shape index (κ2) is 9.40. The molecule has 0 unspecified atom stereocenters. The molecule has 0 aliphatic carbocycles. The molecule has 1 aliphatic rings. The summed E-state index contributed by atoms with van der Waals surface area (Å²) in [6, 6.07) is 23.5. The molecule has 166 valence electrons. The predicted octanol–water partition coefficient (Wildman–Crippen LogP) is 4.58. The summed E-state index contributed by atoms with van der Waals surface area (Å²) in [5.41, 5.74) is 4.08. The lowest BCUT2D eigenvalue weighted by Crippen LogP contribution is -2.36. The van der Waals surface area contributed by atoms with Crippen LogP contribution in [0.5, 0.6) is 0 Å². The van der Waals surface area contributed by atoms with Crippen molar-refractivity contribution in [1.29, 1.82) is 0 Å². The molecule has 0 spiro atoms. The number of carbonyl (C=O) groups excluding carboxylic acids is 3. The van der Waals surface area contributed by atoms with E-state index in [2.05, 4.69) is 16.0 Å². The van der Waals surface area contributed by atoms with Gasteiger partial charge in [0.05, 0.1) is 17.9 Å². The van der Waals surface area contributed by atoms with E-state index in [4.69, 9.17) is 0 Å². The molecule has 7 heteroatoms. The van der Waals surface area contributed by atoms with Gasteiger partial charge in [-0.25, -0.2) is 0 Å². The first-order valence-electron chi connectivity index (χ1n) is 10.5. The zero-order chi connectivity index (χ0) is 23.4. The summed E-state index contributed by atoms with van der Waals surface area (Å²) >= 11 is 0. The summed E-state index contributed by atoms with van der Waals surface area (Å²) in [6.07, 6.45) is 0. The van der Waals surface area contributed by atoms with Gasteiger partial charge in [0.15, 0.2) is 0 Å². The number of nitrogens with zero attached hydrogens (tertiary/aromatic N) is 1. The number of rotatable bonds is 5. The van der Waals surface area contributed by atoms with E-state index < -0.39 is 0 Å². The van der Waals surface area contributed by atoms with Gasteiger partial charge in [0.25, 0.3) is 11.8 Å². The molecule has 7 nitrogen and oxygen atoms in total. The molecular formula is C26H24N4O3. The molecule has 3 aromatic rings. The maximum Gasteiger partial charge on any atom is 0.274 e. The number of hydrogen-bond donors (Lipinski definition) is 3. The lowest BCUT2D eigenvalue weighted by molar-refractivity contribution is -0.115. The van der Waals surface area contributed by atoms with E-state index in [0.29, 0.717) is 22.6 Å². The summed E-state index contributed by atoms with van der Waals surface area (Å²) in [7, 11) is 0. The molecule has 0 aromatic heterocycles. The van der Waals surface area contributed by atoms with Crippen molar-refractivity contribution >= 4 is 34.8 Å². The van der Waals surface area contributed by atoms with E-state index in [9.17, 15) is 14.4 Å². The van der Waals surface area contributed by atoms with Crippen LogP contribution in [0.4, 0.5) is 17.1 Å². The predicted molar refractivity (Wildman–Crippen MR) is 128 cm³/mol. The quantitative estimate of drug-likeness (QED) is 0.542. The van der Waals surface area contributed by atoms with E-state index in [1.54, 1.807) is 37.3 Å². The molecule has 4 rings (SSSR count). The first-order valence-corrected chi connectivity index (χ1v) is 10.5. The second-order valence-corrected chi connectivity index (χ2v) is 7.73. The highest BCUT2D eigenvalue weighted by Crippen LogP contribution is 2.30. The van der Waals surface area contributed by atoms with Crippen molar-refractivity contribution in [3.63, 3.8) is 0 Å². The molecule has 3 N–H and O–H groups in total. The van der Waals surface area contributed by atoms with E-state index in [1.807, 2.05) is 48.5 Å². The molecule has 0 saturated heterocycles. The van der Waals surface area contributed by atoms with Gasteiger partial charge in [0.1, 0.15) is 5.70 Å². The van der Waals surface area contributed by atoms with Crippen LogP contribution >= 0.6 is 0 Å². The summed E-state index contributed by atoms with van der Waals surface area (Å²) in [4.78, 5) is 39.7. The number of amides is 3. The highest BCUT2D eigenvalue weighted by molar-refractivity contribution is 6.11. The summed E-state index contributed by atoms with van der Waals surface area (Å²) in [6.45, 7) is 3.42. The van der Waals surface area contributed by atoms with Crippen molar-refractivity contribution in [2.45, 2.75) is 20.4 Å². The summed E-state index contributed by atoms with van der Waals surface area (Å²) in [5.74, 6) is -0.893. The Bertz CT molecular complexity index is 1230. The Hall–Kier alpha value is -4.39. The molecule has 3 amide bonds. The largest absolute Gasteiger partial charge is 0.356 e. The highest BCUT2D eigenvalue weighted by Gasteiger charge is 2.29. The lowest BCUT2D eigenvalue weighted by Gasteiger charge is -2.26. The zero-order valence-electron chi connectivity index (χ0n) is 18.4. The third kappa shape index (κ3) is 4.93. The van der Waals surface area contributed by atoms with Crippen molar-refractivity contribution in [2.75, 3.05) is 16.0 Å². The number of anilines is 3. The van der Waals surface area contributed by atoms with Crippen molar-refractivity contribution in [3.8, 4) is 0 Å². The molecule has 1 heterocycles. The van der Waals surface area contributed by atoms with E-state index in [-0.39, 0.29) is 30.0 Å². The van der Waals surface area contributed by atoms with E-state index in [0.717, 1.165) is 11.3 Å². The highest BCUT2D eigenvalue weighted by atomic mass is 16.2. The van der Waals surface area contributed by atoms with Crippen LogP contribution in [0.3, 0.4) is 0 Å². The normalized spacial score (nSPS) is 12.7. The third-order valence-corrected chi connectivity index (χ3v) is 5.22. The number of hydrogen-bond acceptors (Lipinski definition) is 4. The lowest BCUT2D eigenvalue weighted by atomic mass is 10.1. The first-order chi connectivity index (χ1) is 15.9. The Morgan fingerprint density at radius 3 is 2.09 bits per heavy atom. The van der Waals surface area contributed by atoms with Crippen LogP contribution < -0.4 is 16.0 Å². The van der Waals surface area contributed by atoms with Crippen molar-refractivity contribution in [3.05, 3.63) is 101 Å². The maximum atomic E-state index is 13.7. The minimum Gasteiger partial charge on any atom is -0.356 e. The van der Waals surface area contributed by atoms with Gasteiger partial charge in [-0.3, -0.25) is 19.3 Å². The zero-order valence-corrected chi connectivity index (χ0v) is 18.4. The Balaban J connectivity index is 1.73. The van der Waals surface area contributed by atoms with Crippen LogP contribution in [0.15, 0.2) is 90.3 Å². The number of allylic oxidation sites excluding steroid dienone is 1. The van der Waals surface area contributed by atoms with Crippen LogP contribution in [-0.4, -0.2) is 22.6 Å². The van der Waals surface area contributed by atoms with Crippen molar-refractivity contribution < 1.29 is 14.4 Å². The molecule has 3 aromatic carbocycles. The number of fused-ring (bicyclic) bond motifs is 1. The standard InChI is InChI=1S/C26H24N4O3/c1-17-24(25(32)29-23-11-7-6-10-22(23)27-17)30(16-19-8-4-3-5-9-19)26(33)20-12-14-21(15-13-20)28-18(2)31/h3-15,27H,16H2,1-2H3,(H,28,31)(H,29,32). The minimum absolute atomic E-state index is 0.193. The average Bonchev–Trinajstić information content (AvgIpc) is 2.92. The SMILES string of the molecule is CC(=O)Nc1ccc(C(=O)N(Cc2ccccc2)C2=C(C)Nc3ccccc3NC2=O)cc1. The van der Waals surface area contributed by atoms with Gasteiger partial charge in [-0.05, 0) is 48.9 Å². The van der Waals surface area contributed by atoms with Gasteiger partial charge in [0.2, 0.25) is 5.91 Å². The summed E-state index contributed by atoms with van der Waals surface area (Å²) in [5, 5.41) is 8.86. The molecule has 0 radical (unpaired) electrons. The van der Waals surface area contributed by atoms with Gasteiger partial charge in [-0.1, -0.05) is 42.5 Å². The van der Waals surface area contributed by atoms with E-state index in [1.165, 1.54) is 11.8 Å². The molecule has 0 bridgehead atoms. The molecule has 1 aliphatic heterocycles. The van der Waals surface area contributed by atoms with Crippen LogP contribution in [0, 0.1) is 0 Å². The Morgan fingerprint density at radius 1 is 0.848 bits per heavy atom. The number of para-hydroxylation sites is 2. The second-order valence-electron chi connectivity index (χ2n) is 7.73. The number of benzene rings is 3. The molecule has 0 fully saturated rings. The van der Waals surface area contributed by atoms with E-state index >= 15 is 0 Å². The fourth-order valence-corrected chi connectivity index (χ4v) is 3.71. The number of carbonyl (C=O) groups is 3. The fraction of sp³-hybridized carbons (Fsp3) is 0.115. The fourth-order valence-electron chi connectivity index (χ4n) is 3.71. The molecule has 0 saturated carbocycles. The average molecular weight is 441 g/mol. The van der Waals surface area contributed by atoms with Gasteiger partial charge in [0, 0.05) is 23.9 Å². The Kier molecular flexibility index (Phi) is 6.22. The third-order valence-electron chi connectivity index (χ3n) is 5.22. The molecule has 0 atom stereocenters. The van der Waals surface area contributed by atoms with Crippen molar-refractivity contribution in [1.82, 2.24) is 4.90 Å². The van der Waals surface area contributed by atoms with Crippen LogP contribution in [0.25, 0.3) is 0 Å². The van der Waals surface area contributed by atoms with Crippen LogP contribution in [0.1, 0.15) is 29.8 Å². The van der Waals surface area contributed by atoms with Gasteiger partial charge >= 0.3 is 0 Å². The van der Waals surface area contributed by atoms with Gasteiger partial charge < -0.3 is 16.0 Å². The maximum absolute atomic E-state index is 13.7. The summed E-state index contributed by atoms with van der Waals surface area (Å²) < 4.78 is 0. The minimum atomic E-state index is -0.371. The molecule has 33 heavy (non-hydrogen) atoms. The van der Waals surface area contributed by atoms with Crippen molar-refractivity contribution in [2.24, 2.45) is 0 Å². The van der Waals surface area contributed by atoms with Gasteiger partial charge in [-0.15, -0.1) is 0 Å². The van der Waals surface area contributed by atoms with Crippen LogP contribution in [0.2, 0.25) is 0 Å². The van der Waals surface area contributed by atoms with Crippen LogP contribution in [-0.2, 0) is 16.1 Å². The Labute approximate surface area is 192 Å². The number of nitrogens with one attached hydrogen (secondary N) is 3.